The van der Waals surface area contributed by atoms with Crippen LogP contribution in [0.4, 0.5) is 0 Å². The first-order valence-corrected chi connectivity index (χ1v) is 9.69. The third-order valence-electron chi connectivity index (χ3n) is 4.24. The van der Waals surface area contributed by atoms with Gasteiger partial charge in [0.25, 0.3) is 5.91 Å². The minimum absolute atomic E-state index is 0.173. The normalized spacial score (nSPS) is 11.6. The number of H-pyrrole nitrogens is 1. The van der Waals surface area contributed by atoms with Gasteiger partial charge in [-0.15, -0.1) is 0 Å². The summed E-state index contributed by atoms with van der Waals surface area (Å²) < 4.78 is 11.5. The number of ether oxygens (including phenoxy) is 2. The number of hydrogen-bond acceptors (Lipinski definition) is 5. The topological polar surface area (TPSA) is 93.3 Å². The molecule has 7 nitrogen and oxygen atoms in total. The number of halogens is 1. The van der Waals surface area contributed by atoms with Crippen molar-refractivity contribution in [1.29, 1.82) is 0 Å². The highest BCUT2D eigenvalue weighted by Crippen LogP contribution is 2.21. The number of hydrogen-bond donors (Lipinski definition) is 2. The number of rotatable bonds is 7. The molecule has 1 aromatic heterocycles. The van der Waals surface area contributed by atoms with Crippen LogP contribution in [0.2, 0.25) is 0 Å². The molecule has 0 spiro atoms. The maximum atomic E-state index is 12.3. The number of methoxy groups -OCH3 is 1. The van der Waals surface area contributed by atoms with Crippen LogP contribution in [0.15, 0.2) is 59.1 Å². The molecule has 1 atom stereocenters. The Labute approximate surface area is 176 Å². The highest BCUT2D eigenvalue weighted by atomic mass is 79.9. The zero-order chi connectivity index (χ0) is 20.8. The summed E-state index contributed by atoms with van der Waals surface area (Å²) in [7, 11) is 1.57. The molecule has 0 aliphatic carbocycles. The van der Waals surface area contributed by atoms with Gasteiger partial charge in [0, 0.05) is 22.1 Å². The third-order valence-corrected chi connectivity index (χ3v) is 4.77. The first-order valence-electron chi connectivity index (χ1n) is 8.90. The van der Waals surface area contributed by atoms with E-state index in [0.29, 0.717) is 11.4 Å². The van der Waals surface area contributed by atoms with Gasteiger partial charge in [0.2, 0.25) is 0 Å². The standard InChI is InChI=1S/C21H20BrN3O4/c1-13(20(26)23-12-15-5-3-4-6-19(15)28-2)29-21(27)18-11-17(24-25-18)14-7-9-16(22)10-8-14/h3-11,13H,12H2,1-2H3,(H,23,26)(H,24,25). The molecule has 29 heavy (non-hydrogen) atoms. The number of carbonyl (C=O) groups excluding carboxylic acids is 2. The lowest BCUT2D eigenvalue weighted by atomic mass is 10.1. The first kappa shape index (κ1) is 20.6. The minimum Gasteiger partial charge on any atom is -0.496 e. The van der Waals surface area contributed by atoms with Crippen molar-refractivity contribution in [3.8, 4) is 17.0 Å². The van der Waals surface area contributed by atoms with Gasteiger partial charge in [-0.05, 0) is 31.2 Å². The number of benzene rings is 2. The largest absolute Gasteiger partial charge is 0.496 e. The Morgan fingerprint density at radius 2 is 1.90 bits per heavy atom. The molecule has 1 heterocycles. The molecule has 1 unspecified atom stereocenters. The molecule has 150 valence electrons. The van der Waals surface area contributed by atoms with Crippen LogP contribution < -0.4 is 10.1 Å². The van der Waals surface area contributed by atoms with E-state index < -0.39 is 18.0 Å². The van der Waals surface area contributed by atoms with Crippen molar-refractivity contribution in [2.45, 2.75) is 19.6 Å². The quantitative estimate of drug-likeness (QED) is 0.527. The predicted octanol–water partition coefficient (Wildman–Crippen LogP) is 3.71. The second kappa shape index (κ2) is 9.38. The zero-order valence-electron chi connectivity index (χ0n) is 15.9. The number of amides is 1. The summed E-state index contributed by atoms with van der Waals surface area (Å²) in [5.41, 5.74) is 2.46. The molecule has 0 saturated carbocycles. The predicted molar refractivity (Wildman–Crippen MR) is 111 cm³/mol. The number of aromatic amines is 1. The van der Waals surface area contributed by atoms with Crippen molar-refractivity contribution < 1.29 is 19.1 Å². The van der Waals surface area contributed by atoms with E-state index in [0.717, 1.165) is 15.6 Å². The molecule has 2 aromatic carbocycles. The van der Waals surface area contributed by atoms with E-state index in [1.807, 2.05) is 48.5 Å². The molecule has 3 rings (SSSR count). The molecule has 3 aromatic rings. The summed E-state index contributed by atoms with van der Waals surface area (Å²) in [5.74, 6) is -0.381. The number of aromatic nitrogens is 2. The second-order valence-corrected chi connectivity index (χ2v) is 7.17. The van der Waals surface area contributed by atoms with Crippen LogP contribution in [0.25, 0.3) is 11.3 Å². The van der Waals surface area contributed by atoms with E-state index in [9.17, 15) is 9.59 Å². The fraction of sp³-hybridized carbons (Fsp3) is 0.190. The summed E-state index contributed by atoms with van der Waals surface area (Å²) in [4.78, 5) is 24.6. The lowest BCUT2D eigenvalue weighted by Crippen LogP contribution is -2.35. The summed E-state index contributed by atoms with van der Waals surface area (Å²) in [6.07, 6.45) is -0.961. The maximum Gasteiger partial charge on any atom is 0.357 e. The average Bonchev–Trinajstić information content (AvgIpc) is 3.23. The van der Waals surface area contributed by atoms with Crippen LogP contribution in [-0.2, 0) is 16.1 Å². The van der Waals surface area contributed by atoms with Crippen molar-refractivity contribution in [1.82, 2.24) is 15.5 Å². The first-order chi connectivity index (χ1) is 14.0. The SMILES string of the molecule is COc1ccccc1CNC(=O)C(C)OC(=O)c1cc(-c2ccc(Br)cc2)n[nH]1. The van der Waals surface area contributed by atoms with E-state index >= 15 is 0 Å². The number of carbonyl (C=O) groups is 2. The van der Waals surface area contributed by atoms with Crippen molar-refractivity contribution in [3.63, 3.8) is 0 Å². The van der Waals surface area contributed by atoms with Gasteiger partial charge in [0.1, 0.15) is 11.4 Å². The molecule has 0 radical (unpaired) electrons. The lowest BCUT2D eigenvalue weighted by molar-refractivity contribution is -0.129. The molecule has 2 N–H and O–H groups in total. The summed E-state index contributed by atoms with van der Waals surface area (Å²) in [5, 5.41) is 9.52. The van der Waals surface area contributed by atoms with Crippen molar-refractivity contribution >= 4 is 27.8 Å². The van der Waals surface area contributed by atoms with Gasteiger partial charge in [0.05, 0.1) is 12.8 Å². The molecule has 0 bridgehead atoms. The minimum atomic E-state index is -0.961. The summed E-state index contributed by atoms with van der Waals surface area (Å²) in [6.45, 7) is 1.78. The highest BCUT2D eigenvalue weighted by molar-refractivity contribution is 9.10. The van der Waals surface area contributed by atoms with E-state index in [1.165, 1.54) is 6.92 Å². The van der Waals surface area contributed by atoms with Crippen molar-refractivity contribution in [3.05, 3.63) is 70.3 Å². The van der Waals surface area contributed by atoms with Gasteiger partial charge in [0.15, 0.2) is 6.10 Å². The van der Waals surface area contributed by atoms with Crippen LogP contribution >= 0.6 is 15.9 Å². The highest BCUT2D eigenvalue weighted by Gasteiger charge is 2.21. The molecule has 0 aliphatic rings. The van der Waals surface area contributed by atoms with Crippen LogP contribution in [0.5, 0.6) is 5.75 Å². The molecular formula is C21H20BrN3O4. The number of para-hydroxylation sites is 1. The molecular weight excluding hydrogens is 438 g/mol. The number of nitrogens with zero attached hydrogens (tertiary/aromatic N) is 1. The monoisotopic (exact) mass is 457 g/mol. The molecule has 0 fully saturated rings. The Bertz CT molecular complexity index is 1000. The number of nitrogens with one attached hydrogen (secondary N) is 2. The molecule has 8 heteroatoms. The van der Waals surface area contributed by atoms with E-state index in [-0.39, 0.29) is 12.2 Å². The fourth-order valence-electron chi connectivity index (χ4n) is 2.65. The fourth-order valence-corrected chi connectivity index (χ4v) is 2.91. The Balaban J connectivity index is 1.57. The Morgan fingerprint density at radius 1 is 1.17 bits per heavy atom. The molecule has 0 saturated heterocycles. The van der Waals surface area contributed by atoms with Crippen molar-refractivity contribution in [2.75, 3.05) is 7.11 Å². The zero-order valence-corrected chi connectivity index (χ0v) is 17.5. The van der Waals surface area contributed by atoms with E-state index in [4.69, 9.17) is 9.47 Å². The van der Waals surface area contributed by atoms with Gasteiger partial charge < -0.3 is 14.8 Å². The molecule has 0 aliphatic heterocycles. The Hall–Kier alpha value is -3.13. The van der Waals surface area contributed by atoms with Gasteiger partial charge >= 0.3 is 5.97 Å². The van der Waals surface area contributed by atoms with Gasteiger partial charge in [-0.2, -0.15) is 5.10 Å². The smallest absolute Gasteiger partial charge is 0.357 e. The van der Waals surface area contributed by atoms with Crippen LogP contribution in [0.3, 0.4) is 0 Å². The van der Waals surface area contributed by atoms with E-state index in [2.05, 4.69) is 31.4 Å². The van der Waals surface area contributed by atoms with Gasteiger partial charge in [-0.1, -0.05) is 46.3 Å². The Morgan fingerprint density at radius 3 is 2.62 bits per heavy atom. The van der Waals surface area contributed by atoms with Gasteiger partial charge in [-0.25, -0.2) is 4.79 Å². The Kier molecular flexibility index (Phi) is 6.66. The van der Waals surface area contributed by atoms with Crippen molar-refractivity contribution in [2.24, 2.45) is 0 Å². The lowest BCUT2D eigenvalue weighted by Gasteiger charge is -2.14. The van der Waals surface area contributed by atoms with E-state index in [1.54, 1.807) is 13.2 Å². The van der Waals surface area contributed by atoms with Crippen LogP contribution in [0, 0.1) is 0 Å². The third kappa shape index (κ3) is 5.23. The second-order valence-electron chi connectivity index (χ2n) is 6.25. The summed E-state index contributed by atoms with van der Waals surface area (Å²) in [6, 6.07) is 16.5. The average molecular weight is 458 g/mol. The molecule has 1 amide bonds. The van der Waals surface area contributed by atoms with Crippen LogP contribution in [0.1, 0.15) is 23.0 Å². The summed E-state index contributed by atoms with van der Waals surface area (Å²) >= 11 is 3.38. The number of esters is 1. The van der Waals surface area contributed by atoms with Gasteiger partial charge in [-0.3, -0.25) is 9.89 Å². The van der Waals surface area contributed by atoms with Crippen LogP contribution in [-0.4, -0.2) is 35.3 Å². The maximum absolute atomic E-state index is 12.3.